The van der Waals surface area contributed by atoms with Crippen molar-refractivity contribution in [2.75, 3.05) is 22.9 Å². The van der Waals surface area contributed by atoms with Crippen LogP contribution in [0.1, 0.15) is 5.56 Å². The van der Waals surface area contributed by atoms with E-state index in [4.69, 9.17) is 11.5 Å². The van der Waals surface area contributed by atoms with Gasteiger partial charge < -0.3 is 22.9 Å². The number of benzene rings is 2. The Kier molecular flexibility index (Phi) is 5.38. The predicted molar refractivity (Wildman–Crippen MR) is 75.4 cm³/mol. The molecule has 0 aliphatic carbocycles. The number of hydrogen-bond donors (Lipinski definition) is 4. The lowest BCUT2D eigenvalue weighted by Gasteiger charge is -2.09. The second-order valence-corrected chi connectivity index (χ2v) is 4.43. The summed E-state index contributed by atoms with van der Waals surface area (Å²) in [5, 5.41) is 0. The van der Waals surface area contributed by atoms with Gasteiger partial charge >= 0.3 is 6.18 Å². The summed E-state index contributed by atoms with van der Waals surface area (Å²) in [6.07, 6.45) is -4.43. The fourth-order valence-electron chi connectivity index (χ4n) is 1.49. The first-order valence-electron chi connectivity index (χ1n) is 5.97. The maximum Gasteiger partial charge on any atom is 0.418 e. The molecular formula is C13H11F7N4. The van der Waals surface area contributed by atoms with E-state index in [1.54, 1.807) is 0 Å². The van der Waals surface area contributed by atoms with Crippen molar-refractivity contribution in [2.24, 2.45) is 0 Å². The molecular weight excluding hydrogens is 345 g/mol. The summed E-state index contributed by atoms with van der Waals surface area (Å²) in [6.45, 7) is 0. The molecule has 0 saturated carbocycles. The molecule has 0 saturated heterocycles. The van der Waals surface area contributed by atoms with E-state index < -0.39 is 46.4 Å². The fraction of sp³-hybridized carbons (Fsp3) is 0.0769. The first-order chi connectivity index (χ1) is 10.9. The van der Waals surface area contributed by atoms with Crippen molar-refractivity contribution in [1.82, 2.24) is 0 Å². The summed E-state index contributed by atoms with van der Waals surface area (Å²) < 4.78 is 86.1. The number of rotatable bonds is 0. The Hall–Kier alpha value is -2.85. The minimum Gasteiger partial charge on any atom is -0.399 e. The molecule has 0 unspecified atom stereocenters. The van der Waals surface area contributed by atoms with Gasteiger partial charge in [0, 0.05) is 11.4 Å². The normalized spacial score (nSPS) is 11.0. The van der Waals surface area contributed by atoms with E-state index in [-0.39, 0.29) is 11.4 Å². The third kappa shape index (κ3) is 3.91. The molecule has 2 aromatic carbocycles. The maximum absolute atomic E-state index is 12.4. The van der Waals surface area contributed by atoms with Crippen LogP contribution >= 0.6 is 0 Å². The van der Waals surface area contributed by atoms with Gasteiger partial charge in [-0.1, -0.05) is 0 Å². The minimum absolute atomic E-state index is 0.0523. The van der Waals surface area contributed by atoms with E-state index in [0.29, 0.717) is 0 Å². The van der Waals surface area contributed by atoms with Gasteiger partial charge in [-0.2, -0.15) is 13.2 Å². The minimum atomic E-state index is -4.43. The van der Waals surface area contributed by atoms with E-state index in [0.717, 1.165) is 12.1 Å². The standard InChI is InChI=1S/C7H7F3N2.C6H4F4N2/c8-7(9,10)5-3-4(11)1-2-6(5)12;7-1-2(8)6(12)4(10)3(9)5(1)11/h1-3H,11-12H2;11-12H2. The third-order valence-corrected chi connectivity index (χ3v) is 2.71. The number of halogens is 7. The molecule has 0 aromatic heterocycles. The Morgan fingerprint density at radius 3 is 1.33 bits per heavy atom. The SMILES string of the molecule is Nc1c(F)c(F)c(N)c(F)c1F.Nc1ccc(N)c(C(F)(F)F)c1. The molecule has 24 heavy (non-hydrogen) atoms. The molecule has 0 spiro atoms. The fourth-order valence-corrected chi connectivity index (χ4v) is 1.49. The van der Waals surface area contributed by atoms with Gasteiger partial charge in [0.05, 0.1) is 5.56 Å². The van der Waals surface area contributed by atoms with Crippen molar-refractivity contribution in [1.29, 1.82) is 0 Å². The molecule has 0 aliphatic rings. The second-order valence-electron chi connectivity index (χ2n) is 4.43. The molecule has 4 nitrogen and oxygen atoms in total. The lowest BCUT2D eigenvalue weighted by atomic mass is 10.1. The predicted octanol–water partition coefficient (Wildman–Crippen LogP) is 3.28. The highest BCUT2D eigenvalue weighted by Crippen LogP contribution is 2.34. The summed E-state index contributed by atoms with van der Waals surface area (Å²) in [4.78, 5) is 0. The van der Waals surface area contributed by atoms with E-state index in [9.17, 15) is 30.7 Å². The Morgan fingerprint density at radius 2 is 1.04 bits per heavy atom. The molecule has 0 fully saturated rings. The quantitative estimate of drug-likeness (QED) is 0.330. The highest BCUT2D eigenvalue weighted by atomic mass is 19.4. The summed E-state index contributed by atoms with van der Waals surface area (Å²) in [5.41, 5.74) is 16.0. The molecule has 2 aromatic rings. The van der Waals surface area contributed by atoms with E-state index >= 15 is 0 Å². The zero-order valence-corrected chi connectivity index (χ0v) is 11.7. The average Bonchev–Trinajstić information content (AvgIpc) is 2.51. The second kappa shape index (κ2) is 6.72. The number of anilines is 4. The zero-order chi connectivity index (χ0) is 18.8. The van der Waals surface area contributed by atoms with Crippen LogP contribution in [0.4, 0.5) is 53.5 Å². The van der Waals surface area contributed by atoms with Crippen molar-refractivity contribution < 1.29 is 30.7 Å². The number of alkyl halides is 3. The summed E-state index contributed by atoms with van der Waals surface area (Å²) in [7, 11) is 0. The lowest BCUT2D eigenvalue weighted by Crippen LogP contribution is -2.09. The van der Waals surface area contributed by atoms with Crippen molar-refractivity contribution >= 4 is 22.7 Å². The highest BCUT2D eigenvalue weighted by molar-refractivity contribution is 5.56. The first-order valence-corrected chi connectivity index (χ1v) is 5.97. The van der Waals surface area contributed by atoms with E-state index in [1.807, 2.05) is 0 Å². The summed E-state index contributed by atoms with van der Waals surface area (Å²) in [6, 6.07) is 3.28. The monoisotopic (exact) mass is 356 g/mol. The van der Waals surface area contributed by atoms with Crippen LogP contribution in [0.15, 0.2) is 18.2 Å². The Morgan fingerprint density at radius 1 is 0.667 bits per heavy atom. The van der Waals surface area contributed by atoms with Gasteiger partial charge in [0.2, 0.25) is 0 Å². The van der Waals surface area contributed by atoms with Crippen LogP contribution < -0.4 is 22.9 Å². The van der Waals surface area contributed by atoms with E-state index in [2.05, 4.69) is 11.5 Å². The van der Waals surface area contributed by atoms with Gasteiger partial charge in [-0.15, -0.1) is 0 Å². The molecule has 0 aliphatic heterocycles. The van der Waals surface area contributed by atoms with E-state index in [1.165, 1.54) is 6.07 Å². The van der Waals surface area contributed by atoms with Crippen LogP contribution in [-0.4, -0.2) is 0 Å². The lowest BCUT2D eigenvalue weighted by molar-refractivity contribution is -0.136. The first kappa shape index (κ1) is 19.2. The van der Waals surface area contributed by atoms with Gasteiger partial charge in [0.1, 0.15) is 11.4 Å². The van der Waals surface area contributed by atoms with Crippen molar-refractivity contribution in [3.63, 3.8) is 0 Å². The van der Waals surface area contributed by atoms with Gasteiger partial charge in [-0.25, -0.2) is 17.6 Å². The van der Waals surface area contributed by atoms with Crippen LogP contribution in [0.3, 0.4) is 0 Å². The molecule has 0 amide bonds. The molecule has 0 atom stereocenters. The Balaban J connectivity index is 0.000000240. The molecule has 8 N–H and O–H groups in total. The van der Waals surface area contributed by atoms with Gasteiger partial charge in [-0.3, -0.25) is 0 Å². The molecule has 0 radical (unpaired) electrons. The van der Waals surface area contributed by atoms with Gasteiger partial charge in [-0.05, 0) is 18.2 Å². The average molecular weight is 356 g/mol. The third-order valence-electron chi connectivity index (χ3n) is 2.71. The van der Waals surface area contributed by atoms with Crippen LogP contribution in [0.5, 0.6) is 0 Å². The summed E-state index contributed by atoms with van der Waals surface area (Å²) >= 11 is 0. The molecule has 2 rings (SSSR count). The molecule has 0 heterocycles. The van der Waals surface area contributed by atoms with Gasteiger partial charge in [0.25, 0.3) is 0 Å². The van der Waals surface area contributed by atoms with Crippen molar-refractivity contribution in [3.8, 4) is 0 Å². The molecule has 0 bridgehead atoms. The molecule has 132 valence electrons. The van der Waals surface area contributed by atoms with Crippen molar-refractivity contribution in [2.45, 2.75) is 6.18 Å². The zero-order valence-electron chi connectivity index (χ0n) is 11.7. The Labute approximate surface area is 130 Å². The van der Waals surface area contributed by atoms with Crippen molar-refractivity contribution in [3.05, 3.63) is 47.0 Å². The number of nitrogen functional groups attached to an aromatic ring is 4. The van der Waals surface area contributed by atoms with Crippen LogP contribution in [0, 0.1) is 23.3 Å². The highest BCUT2D eigenvalue weighted by Gasteiger charge is 2.32. The largest absolute Gasteiger partial charge is 0.418 e. The van der Waals surface area contributed by atoms with Crippen LogP contribution in [0.2, 0.25) is 0 Å². The Bertz CT molecular complexity index is 654. The topological polar surface area (TPSA) is 104 Å². The smallest absolute Gasteiger partial charge is 0.399 e. The number of hydrogen-bond acceptors (Lipinski definition) is 4. The number of nitrogens with two attached hydrogens (primary N) is 4. The van der Waals surface area contributed by atoms with Gasteiger partial charge in [0.15, 0.2) is 23.3 Å². The van der Waals surface area contributed by atoms with Crippen LogP contribution in [0.25, 0.3) is 0 Å². The maximum atomic E-state index is 12.4. The summed E-state index contributed by atoms with van der Waals surface area (Å²) in [5.74, 6) is -6.70. The molecule has 11 heteroatoms. The van der Waals surface area contributed by atoms with Crippen LogP contribution in [-0.2, 0) is 6.18 Å².